The topological polar surface area (TPSA) is 117 Å². The molecule has 1 amide bonds. The molecule has 0 aliphatic carbocycles. The smallest absolute Gasteiger partial charge is 0.270 e. The summed E-state index contributed by atoms with van der Waals surface area (Å²) in [5, 5.41) is 27.1. The van der Waals surface area contributed by atoms with E-state index in [2.05, 4.69) is 31.8 Å². The molecule has 0 aromatic heterocycles. The van der Waals surface area contributed by atoms with E-state index in [0.717, 1.165) is 22.4 Å². The molecule has 0 bridgehead atoms. The van der Waals surface area contributed by atoms with Crippen molar-refractivity contribution in [3.63, 3.8) is 0 Å². The minimum Gasteiger partial charge on any atom is -0.507 e. The summed E-state index contributed by atoms with van der Waals surface area (Å²) in [6.07, 6.45) is 1.15. The van der Waals surface area contributed by atoms with Gasteiger partial charge in [-0.1, -0.05) is 15.9 Å². The van der Waals surface area contributed by atoms with Crippen LogP contribution in [0.2, 0.25) is 0 Å². The van der Waals surface area contributed by atoms with Gasteiger partial charge in [0.2, 0.25) is 0 Å². The van der Waals surface area contributed by atoms with E-state index in [4.69, 9.17) is 0 Å². The predicted molar refractivity (Wildman–Crippen MR) is 97.7 cm³/mol. The molecule has 8 nitrogen and oxygen atoms in total. The molecule has 0 fully saturated rings. The molecule has 3 N–H and O–H groups in total. The minimum absolute atomic E-state index is 0.128. The molecule has 25 heavy (non-hydrogen) atoms. The summed E-state index contributed by atoms with van der Waals surface area (Å²) < 4.78 is 0.927. The largest absolute Gasteiger partial charge is 0.507 e. The van der Waals surface area contributed by atoms with Gasteiger partial charge in [-0.25, -0.2) is 5.43 Å². The van der Waals surface area contributed by atoms with Crippen LogP contribution in [0.1, 0.15) is 12.5 Å². The molecule has 0 aliphatic rings. The van der Waals surface area contributed by atoms with Gasteiger partial charge in [0.25, 0.3) is 11.6 Å². The van der Waals surface area contributed by atoms with Crippen molar-refractivity contribution < 1.29 is 14.8 Å². The number of rotatable bonds is 6. The standard InChI is InChI=1S/C16H15BrN4O4/c1-10(19-13-4-2-12(17)3-5-13)16(23)20-18-9-11-8-14(21(24)25)6-7-15(11)22/h2-10,19,22H,1H3,(H,20,23)/b18-9-. The van der Waals surface area contributed by atoms with Gasteiger partial charge < -0.3 is 10.4 Å². The Balaban J connectivity index is 1.96. The van der Waals surface area contributed by atoms with Crippen LogP contribution >= 0.6 is 15.9 Å². The lowest BCUT2D eigenvalue weighted by molar-refractivity contribution is -0.384. The number of benzene rings is 2. The highest BCUT2D eigenvalue weighted by Crippen LogP contribution is 2.21. The Kier molecular flexibility index (Phi) is 6.07. The number of nitro groups is 1. The van der Waals surface area contributed by atoms with Gasteiger partial charge in [0.05, 0.1) is 11.1 Å². The SMILES string of the molecule is CC(Nc1ccc(Br)cc1)C(=O)N/N=C\c1cc([N+](=O)[O-])ccc1O. The fourth-order valence-electron chi connectivity index (χ4n) is 1.88. The van der Waals surface area contributed by atoms with Crippen LogP contribution in [0.4, 0.5) is 11.4 Å². The summed E-state index contributed by atoms with van der Waals surface area (Å²) in [4.78, 5) is 22.1. The first-order valence-electron chi connectivity index (χ1n) is 7.19. The number of hydrazone groups is 1. The lowest BCUT2D eigenvalue weighted by Crippen LogP contribution is -2.34. The second-order valence-corrected chi connectivity index (χ2v) is 6.02. The van der Waals surface area contributed by atoms with Crippen molar-refractivity contribution in [3.05, 3.63) is 62.6 Å². The summed E-state index contributed by atoms with van der Waals surface area (Å²) in [6.45, 7) is 1.66. The molecule has 0 saturated heterocycles. The number of nitrogens with one attached hydrogen (secondary N) is 2. The number of nitrogens with zero attached hydrogens (tertiary/aromatic N) is 2. The third-order valence-corrected chi connectivity index (χ3v) is 3.75. The molecule has 0 heterocycles. The van der Waals surface area contributed by atoms with Crippen molar-refractivity contribution in [2.24, 2.45) is 5.10 Å². The van der Waals surface area contributed by atoms with Crippen molar-refractivity contribution in [2.75, 3.05) is 5.32 Å². The number of amides is 1. The molecular weight excluding hydrogens is 392 g/mol. The summed E-state index contributed by atoms with van der Waals surface area (Å²) in [5.41, 5.74) is 3.03. The average Bonchev–Trinajstić information content (AvgIpc) is 2.58. The molecule has 9 heteroatoms. The predicted octanol–water partition coefficient (Wildman–Crippen LogP) is 3.01. The average molecular weight is 407 g/mol. The van der Waals surface area contributed by atoms with E-state index in [1.54, 1.807) is 6.92 Å². The Morgan fingerprint density at radius 3 is 2.64 bits per heavy atom. The van der Waals surface area contributed by atoms with Crippen LogP contribution in [-0.2, 0) is 4.79 Å². The second kappa shape index (κ2) is 8.25. The summed E-state index contributed by atoms with van der Waals surface area (Å²) in [7, 11) is 0. The Labute approximate surface area is 151 Å². The van der Waals surface area contributed by atoms with Gasteiger partial charge in [-0.05, 0) is 37.3 Å². The van der Waals surface area contributed by atoms with Crippen molar-refractivity contribution >= 4 is 39.4 Å². The fourth-order valence-corrected chi connectivity index (χ4v) is 2.15. The van der Waals surface area contributed by atoms with E-state index >= 15 is 0 Å². The Morgan fingerprint density at radius 1 is 1.32 bits per heavy atom. The third-order valence-electron chi connectivity index (χ3n) is 3.22. The molecule has 0 aliphatic heterocycles. The first-order valence-corrected chi connectivity index (χ1v) is 7.98. The molecule has 2 aromatic rings. The molecule has 0 saturated carbocycles. The molecule has 0 spiro atoms. The summed E-state index contributed by atoms with van der Waals surface area (Å²) >= 11 is 3.33. The minimum atomic E-state index is -0.584. The van der Waals surface area contributed by atoms with Crippen LogP contribution < -0.4 is 10.7 Å². The number of non-ortho nitro benzene ring substituents is 1. The van der Waals surface area contributed by atoms with Crippen LogP contribution in [0, 0.1) is 10.1 Å². The summed E-state index contributed by atoms with van der Waals surface area (Å²) in [6, 6.07) is 10.3. The van der Waals surface area contributed by atoms with Gasteiger partial charge in [0.15, 0.2) is 0 Å². The fraction of sp³-hybridized carbons (Fsp3) is 0.125. The van der Waals surface area contributed by atoms with Gasteiger partial charge in [0.1, 0.15) is 11.8 Å². The maximum Gasteiger partial charge on any atom is 0.270 e. The summed E-state index contributed by atoms with van der Waals surface area (Å²) in [5.74, 6) is -0.575. The maximum atomic E-state index is 12.0. The third kappa shape index (κ3) is 5.28. The number of aromatic hydroxyl groups is 1. The lowest BCUT2D eigenvalue weighted by Gasteiger charge is -2.13. The van der Waals surface area contributed by atoms with Crippen molar-refractivity contribution in [1.82, 2.24) is 5.43 Å². The van der Waals surface area contributed by atoms with Crippen molar-refractivity contribution in [2.45, 2.75) is 13.0 Å². The van der Waals surface area contributed by atoms with Crippen LogP contribution in [-0.4, -0.2) is 28.2 Å². The number of hydrogen-bond acceptors (Lipinski definition) is 6. The highest BCUT2D eigenvalue weighted by molar-refractivity contribution is 9.10. The van der Waals surface area contributed by atoms with E-state index in [9.17, 15) is 20.0 Å². The number of carbonyl (C=O) groups excluding carboxylic acids is 1. The molecule has 2 rings (SSSR count). The molecule has 1 atom stereocenters. The number of anilines is 1. The lowest BCUT2D eigenvalue weighted by atomic mass is 10.2. The second-order valence-electron chi connectivity index (χ2n) is 5.11. The zero-order valence-corrected chi connectivity index (χ0v) is 14.7. The number of halogens is 1. The number of carbonyl (C=O) groups is 1. The van der Waals surface area contributed by atoms with Gasteiger partial charge >= 0.3 is 0 Å². The first-order chi connectivity index (χ1) is 11.9. The highest BCUT2D eigenvalue weighted by atomic mass is 79.9. The van der Waals surface area contributed by atoms with E-state index < -0.39 is 16.9 Å². The van der Waals surface area contributed by atoms with Crippen LogP contribution in [0.25, 0.3) is 0 Å². The molecule has 130 valence electrons. The Morgan fingerprint density at radius 2 is 2.00 bits per heavy atom. The van der Waals surface area contributed by atoms with Gasteiger partial charge in [-0.15, -0.1) is 0 Å². The normalized spacial score (nSPS) is 11.9. The molecule has 1 unspecified atom stereocenters. The van der Waals surface area contributed by atoms with E-state index in [-0.39, 0.29) is 17.0 Å². The van der Waals surface area contributed by atoms with E-state index in [0.29, 0.717) is 0 Å². The quantitative estimate of drug-likeness (QED) is 0.387. The number of hydrogen-bond donors (Lipinski definition) is 3. The zero-order chi connectivity index (χ0) is 18.4. The van der Waals surface area contributed by atoms with E-state index in [1.165, 1.54) is 12.1 Å². The highest BCUT2D eigenvalue weighted by Gasteiger charge is 2.12. The van der Waals surface area contributed by atoms with E-state index in [1.807, 2.05) is 24.3 Å². The first kappa shape index (κ1) is 18.4. The van der Waals surface area contributed by atoms with Crippen LogP contribution in [0.3, 0.4) is 0 Å². The van der Waals surface area contributed by atoms with Crippen LogP contribution in [0.15, 0.2) is 52.0 Å². The Bertz CT molecular complexity index is 808. The molecular formula is C16H15BrN4O4. The number of phenols is 1. The Hall–Kier alpha value is -2.94. The maximum absolute atomic E-state index is 12.0. The monoisotopic (exact) mass is 406 g/mol. The zero-order valence-electron chi connectivity index (χ0n) is 13.1. The van der Waals surface area contributed by atoms with Gasteiger partial charge in [-0.2, -0.15) is 5.10 Å². The molecule has 0 radical (unpaired) electrons. The van der Waals surface area contributed by atoms with Crippen LogP contribution in [0.5, 0.6) is 5.75 Å². The van der Waals surface area contributed by atoms with Crippen molar-refractivity contribution in [3.8, 4) is 5.75 Å². The van der Waals surface area contributed by atoms with Gasteiger partial charge in [-0.3, -0.25) is 14.9 Å². The molecule has 2 aromatic carbocycles. The van der Waals surface area contributed by atoms with Crippen molar-refractivity contribution in [1.29, 1.82) is 0 Å². The number of nitro benzene ring substituents is 1. The number of phenolic OH excluding ortho intramolecular Hbond substituents is 1. The van der Waals surface area contributed by atoms with Gasteiger partial charge in [0, 0.05) is 27.9 Å².